The summed E-state index contributed by atoms with van der Waals surface area (Å²) >= 11 is 3.80. The summed E-state index contributed by atoms with van der Waals surface area (Å²) in [6.45, 7) is 5.49. The molecule has 0 bridgehead atoms. The first-order valence-corrected chi connectivity index (χ1v) is 8.03. The number of rotatable bonds is 4. The van der Waals surface area contributed by atoms with Gasteiger partial charge in [-0.2, -0.15) is 11.8 Å². The van der Waals surface area contributed by atoms with Crippen molar-refractivity contribution in [3.8, 4) is 0 Å². The minimum atomic E-state index is 0.560. The number of nitrogens with zero attached hydrogens (tertiary/aromatic N) is 1. The van der Waals surface area contributed by atoms with Crippen LogP contribution in [0, 0.1) is 6.92 Å². The Hall–Kier alpha value is -0.0600. The Labute approximate surface area is 106 Å². The Bertz CT molecular complexity index is 349. The van der Waals surface area contributed by atoms with Crippen molar-refractivity contribution in [3.63, 3.8) is 0 Å². The van der Waals surface area contributed by atoms with E-state index in [1.807, 2.05) is 23.1 Å². The minimum absolute atomic E-state index is 0.560. The predicted molar refractivity (Wildman–Crippen MR) is 73.5 cm³/mol. The van der Waals surface area contributed by atoms with Crippen molar-refractivity contribution in [1.82, 2.24) is 10.3 Å². The van der Waals surface area contributed by atoms with Gasteiger partial charge in [0.2, 0.25) is 0 Å². The summed E-state index contributed by atoms with van der Waals surface area (Å²) in [7, 11) is 0. The van der Waals surface area contributed by atoms with Gasteiger partial charge in [-0.05, 0) is 32.4 Å². The molecule has 0 saturated carbocycles. The summed E-state index contributed by atoms with van der Waals surface area (Å²) in [6, 6.07) is 0.560. The molecule has 0 amide bonds. The van der Waals surface area contributed by atoms with E-state index in [-0.39, 0.29) is 0 Å². The van der Waals surface area contributed by atoms with Crippen molar-refractivity contribution in [2.45, 2.75) is 44.4 Å². The number of aryl methyl sites for hydroxylation is 2. The number of hydrogen-bond donors (Lipinski definition) is 1. The summed E-state index contributed by atoms with van der Waals surface area (Å²) < 4.78 is 0. The Morgan fingerprint density at radius 3 is 3.19 bits per heavy atom. The smallest absolute Gasteiger partial charge is 0.0900 e. The molecule has 2 rings (SSSR count). The van der Waals surface area contributed by atoms with E-state index in [1.54, 1.807) is 0 Å². The van der Waals surface area contributed by atoms with Gasteiger partial charge in [-0.1, -0.05) is 6.92 Å². The Morgan fingerprint density at radius 1 is 1.62 bits per heavy atom. The van der Waals surface area contributed by atoms with E-state index in [0.717, 1.165) is 6.54 Å². The lowest BCUT2D eigenvalue weighted by atomic mass is 9.98. The molecule has 0 spiro atoms. The third-order valence-electron chi connectivity index (χ3n) is 3.11. The maximum Gasteiger partial charge on any atom is 0.0900 e. The topological polar surface area (TPSA) is 24.9 Å². The van der Waals surface area contributed by atoms with Gasteiger partial charge in [0.05, 0.1) is 10.7 Å². The van der Waals surface area contributed by atoms with Crippen LogP contribution in [-0.4, -0.2) is 23.0 Å². The van der Waals surface area contributed by atoms with Crippen molar-refractivity contribution in [1.29, 1.82) is 0 Å². The molecule has 0 fully saturated rings. The quantitative estimate of drug-likeness (QED) is 0.895. The highest BCUT2D eigenvalue weighted by Crippen LogP contribution is 2.33. The van der Waals surface area contributed by atoms with Crippen LogP contribution in [0.25, 0.3) is 0 Å². The number of aromatic nitrogens is 1. The highest BCUT2D eigenvalue weighted by atomic mass is 32.2. The molecule has 1 N–H and O–H groups in total. The third-order valence-corrected chi connectivity index (χ3v) is 5.21. The number of hydrogen-bond acceptors (Lipinski definition) is 4. The predicted octanol–water partition coefficient (Wildman–Crippen LogP) is 3.17. The van der Waals surface area contributed by atoms with E-state index in [9.17, 15) is 0 Å². The second kappa shape index (κ2) is 5.52. The van der Waals surface area contributed by atoms with Crippen molar-refractivity contribution < 1.29 is 0 Å². The maximum absolute atomic E-state index is 4.62. The second-order valence-corrected chi connectivity index (χ2v) is 6.95. The van der Waals surface area contributed by atoms with Crippen LogP contribution in [0.1, 0.15) is 41.4 Å². The van der Waals surface area contributed by atoms with E-state index in [4.69, 9.17) is 0 Å². The van der Waals surface area contributed by atoms with Crippen LogP contribution >= 0.6 is 23.1 Å². The SMILES string of the molecule is CSC(C)CNC1CCCc2nc(C)sc21. The van der Waals surface area contributed by atoms with Gasteiger partial charge in [0, 0.05) is 22.7 Å². The first kappa shape index (κ1) is 12.4. The largest absolute Gasteiger partial charge is 0.308 e. The van der Waals surface area contributed by atoms with Gasteiger partial charge < -0.3 is 5.32 Å². The fourth-order valence-electron chi connectivity index (χ4n) is 2.13. The van der Waals surface area contributed by atoms with Gasteiger partial charge in [-0.25, -0.2) is 4.98 Å². The molecule has 1 aliphatic rings. The second-order valence-electron chi connectivity index (χ2n) is 4.44. The molecular formula is C12H20N2S2. The van der Waals surface area contributed by atoms with E-state index in [2.05, 4.69) is 30.4 Å². The average molecular weight is 256 g/mol. The Morgan fingerprint density at radius 2 is 2.44 bits per heavy atom. The summed E-state index contributed by atoms with van der Waals surface area (Å²) in [4.78, 5) is 6.12. The third kappa shape index (κ3) is 2.79. The van der Waals surface area contributed by atoms with Crippen LogP contribution in [0.3, 0.4) is 0 Å². The van der Waals surface area contributed by atoms with Crippen LogP contribution in [0.4, 0.5) is 0 Å². The van der Waals surface area contributed by atoms with Gasteiger partial charge in [0.15, 0.2) is 0 Å². The van der Waals surface area contributed by atoms with E-state index in [0.29, 0.717) is 11.3 Å². The van der Waals surface area contributed by atoms with Gasteiger partial charge in [-0.15, -0.1) is 11.3 Å². The molecule has 2 unspecified atom stereocenters. The lowest BCUT2D eigenvalue weighted by molar-refractivity contribution is 0.467. The molecule has 0 aliphatic heterocycles. The zero-order valence-corrected chi connectivity index (χ0v) is 11.9. The highest BCUT2D eigenvalue weighted by molar-refractivity contribution is 7.99. The average Bonchev–Trinajstić information content (AvgIpc) is 2.66. The maximum atomic E-state index is 4.62. The fraction of sp³-hybridized carbons (Fsp3) is 0.750. The molecule has 0 aromatic carbocycles. The number of nitrogens with one attached hydrogen (secondary N) is 1. The number of fused-ring (bicyclic) bond motifs is 1. The monoisotopic (exact) mass is 256 g/mol. The minimum Gasteiger partial charge on any atom is -0.308 e. The lowest BCUT2D eigenvalue weighted by Gasteiger charge is -2.23. The molecule has 2 nitrogen and oxygen atoms in total. The zero-order valence-electron chi connectivity index (χ0n) is 10.2. The fourth-order valence-corrected chi connectivity index (χ4v) is 3.47. The first-order valence-electron chi connectivity index (χ1n) is 5.93. The molecule has 1 aromatic rings. The molecule has 1 aliphatic carbocycles. The normalized spacial score (nSPS) is 21.8. The number of thioether (sulfide) groups is 1. The molecule has 0 saturated heterocycles. The van der Waals surface area contributed by atoms with E-state index < -0.39 is 0 Å². The van der Waals surface area contributed by atoms with Crippen molar-refractivity contribution >= 4 is 23.1 Å². The van der Waals surface area contributed by atoms with Crippen LogP contribution in [0.5, 0.6) is 0 Å². The van der Waals surface area contributed by atoms with Gasteiger partial charge in [0.25, 0.3) is 0 Å². The van der Waals surface area contributed by atoms with Crippen LogP contribution in [0.15, 0.2) is 0 Å². The molecule has 1 aromatic heterocycles. The Kier molecular flexibility index (Phi) is 4.27. The molecule has 1 heterocycles. The summed E-state index contributed by atoms with van der Waals surface area (Å²) in [5.74, 6) is 0. The molecule has 2 atom stereocenters. The molecule has 90 valence electrons. The first-order chi connectivity index (χ1) is 7.70. The molecule has 4 heteroatoms. The van der Waals surface area contributed by atoms with Gasteiger partial charge >= 0.3 is 0 Å². The van der Waals surface area contributed by atoms with Crippen LogP contribution in [-0.2, 0) is 6.42 Å². The van der Waals surface area contributed by atoms with Crippen molar-refractivity contribution in [2.75, 3.05) is 12.8 Å². The zero-order chi connectivity index (χ0) is 11.5. The summed E-state index contributed by atoms with van der Waals surface area (Å²) in [5, 5.41) is 5.60. The molecular weight excluding hydrogens is 236 g/mol. The number of thiazole rings is 1. The highest BCUT2D eigenvalue weighted by Gasteiger charge is 2.23. The van der Waals surface area contributed by atoms with E-state index in [1.165, 1.54) is 34.8 Å². The Balaban J connectivity index is 2.01. The van der Waals surface area contributed by atoms with Gasteiger partial charge in [0.1, 0.15) is 0 Å². The summed E-state index contributed by atoms with van der Waals surface area (Å²) in [5.41, 5.74) is 1.35. The molecule has 0 radical (unpaired) electrons. The lowest BCUT2D eigenvalue weighted by Crippen LogP contribution is -2.29. The standard InChI is InChI=1S/C12H20N2S2/c1-8(15-3)7-13-10-5-4-6-11-12(10)16-9(2)14-11/h8,10,13H,4-7H2,1-3H3. The van der Waals surface area contributed by atoms with E-state index >= 15 is 0 Å². The van der Waals surface area contributed by atoms with Crippen LogP contribution in [0.2, 0.25) is 0 Å². The van der Waals surface area contributed by atoms with Gasteiger partial charge in [-0.3, -0.25) is 0 Å². The van der Waals surface area contributed by atoms with Crippen LogP contribution < -0.4 is 5.32 Å². The van der Waals surface area contributed by atoms with Crippen molar-refractivity contribution in [3.05, 3.63) is 15.6 Å². The van der Waals surface area contributed by atoms with Crippen molar-refractivity contribution in [2.24, 2.45) is 0 Å². The summed E-state index contributed by atoms with van der Waals surface area (Å²) in [6.07, 6.45) is 5.91. The molecule has 16 heavy (non-hydrogen) atoms.